The van der Waals surface area contributed by atoms with Crippen molar-refractivity contribution in [3.05, 3.63) is 35.4 Å². The molecule has 114 valence electrons. The smallest absolute Gasteiger partial charge is 0.184 e. The molecule has 3 saturated heterocycles. The van der Waals surface area contributed by atoms with E-state index in [9.17, 15) is 9.32 Å². The zero-order chi connectivity index (χ0) is 14.4. The molecular formula is C16H20O4S. The van der Waals surface area contributed by atoms with Gasteiger partial charge in [-0.2, -0.15) is 0 Å². The first-order valence-corrected chi connectivity index (χ1v) is 8.89. The van der Waals surface area contributed by atoms with Crippen LogP contribution in [0.3, 0.4) is 0 Å². The molecule has 0 amide bonds. The third kappa shape index (κ3) is 2.27. The van der Waals surface area contributed by atoms with E-state index in [1.54, 1.807) is 0 Å². The van der Waals surface area contributed by atoms with Gasteiger partial charge in [-0.15, -0.1) is 0 Å². The number of benzene rings is 1. The highest BCUT2D eigenvalue weighted by atomic mass is 32.2. The van der Waals surface area contributed by atoms with Crippen LogP contribution in [-0.2, 0) is 25.9 Å². The molecule has 2 unspecified atom stereocenters. The molecule has 4 nitrogen and oxygen atoms in total. The van der Waals surface area contributed by atoms with Gasteiger partial charge in [-0.05, 0) is 31.2 Å². The predicted octanol–water partition coefficient (Wildman–Crippen LogP) is 1.99. The summed E-state index contributed by atoms with van der Waals surface area (Å²) in [5.41, 5.74) is 0.918. The lowest BCUT2D eigenvalue weighted by Crippen LogP contribution is -2.41. The van der Waals surface area contributed by atoms with Gasteiger partial charge in [0.1, 0.15) is 0 Å². The van der Waals surface area contributed by atoms with Crippen LogP contribution in [0.1, 0.15) is 43.1 Å². The second kappa shape index (κ2) is 5.16. The molecule has 1 aromatic carbocycles. The lowest BCUT2D eigenvalue weighted by molar-refractivity contribution is -0.0509. The Morgan fingerprint density at radius 1 is 1.10 bits per heavy atom. The molecule has 0 aromatic heterocycles. The fourth-order valence-corrected chi connectivity index (χ4v) is 6.13. The Balaban J connectivity index is 1.71. The van der Waals surface area contributed by atoms with Gasteiger partial charge in [0.2, 0.25) is 0 Å². The minimum Gasteiger partial charge on any atom is -0.385 e. The molecule has 0 saturated carbocycles. The van der Waals surface area contributed by atoms with E-state index in [1.165, 1.54) is 0 Å². The maximum Gasteiger partial charge on any atom is 0.184 e. The second-order valence-corrected chi connectivity index (χ2v) is 8.24. The summed E-state index contributed by atoms with van der Waals surface area (Å²) in [5.74, 6) is 0. The number of ether oxygens (including phenoxy) is 2. The number of fused-ring (bicyclic) bond motifs is 2. The molecular weight excluding hydrogens is 288 g/mol. The van der Waals surface area contributed by atoms with Crippen LogP contribution in [-0.4, -0.2) is 33.0 Å². The van der Waals surface area contributed by atoms with E-state index < -0.39 is 16.4 Å². The number of hydrogen-bond acceptors (Lipinski definition) is 4. The van der Waals surface area contributed by atoms with E-state index >= 15 is 0 Å². The Bertz CT molecular complexity index is 551. The van der Waals surface area contributed by atoms with Crippen LogP contribution in [0.15, 0.2) is 24.3 Å². The molecule has 3 aliphatic heterocycles. The van der Waals surface area contributed by atoms with Crippen molar-refractivity contribution in [3.63, 3.8) is 0 Å². The fourth-order valence-electron chi connectivity index (χ4n) is 3.97. The molecule has 1 N–H and O–H groups in total. The van der Waals surface area contributed by atoms with Crippen molar-refractivity contribution >= 4 is 10.8 Å². The lowest BCUT2D eigenvalue weighted by Gasteiger charge is -2.37. The minimum atomic E-state index is -0.897. The van der Waals surface area contributed by atoms with Crippen molar-refractivity contribution in [1.82, 2.24) is 0 Å². The van der Waals surface area contributed by atoms with Gasteiger partial charge in [0, 0.05) is 26.9 Å². The molecule has 3 heterocycles. The second-order valence-electron chi connectivity index (χ2n) is 6.25. The van der Waals surface area contributed by atoms with Gasteiger partial charge < -0.3 is 14.6 Å². The van der Waals surface area contributed by atoms with E-state index in [1.807, 2.05) is 24.3 Å². The molecule has 0 spiro atoms. The first-order chi connectivity index (χ1) is 10.2. The van der Waals surface area contributed by atoms with Crippen LogP contribution in [0.5, 0.6) is 0 Å². The van der Waals surface area contributed by atoms with Crippen molar-refractivity contribution < 1.29 is 18.8 Å². The maximum absolute atomic E-state index is 12.2. The van der Waals surface area contributed by atoms with Gasteiger partial charge in [0.05, 0.1) is 18.8 Å². The van der Waals surface area contributed by atoms with Gasteiger partial charge in [-0.3, -0.25) is 4.21 Å². The van der Waals surface area contributed by atoms with Crippen molar-refractivity contribution in [1.29, 1.82) is 0 Å². The minimum absolute atomic E-state index is 0.132. The lowest BCUT2D eigenvalue weighted by atomic mass is 9.83. The Kier molecular flexibility index (Phi) is 3.41. The van der Waals surface area contributed by atoms with Crippen LogP contribution >= 0.6 is 0 Å². The predicted molar refractivity (Wildman–Crippen MR) is 79.2 cm³/mol. The van der Waals surface area contributed by atoms with Crippen molar-refractivity contribution in [2.24, 2.45) is 0 Å². The molecule has 21 heavy (non-hydrogen) atoms. The van der Waals surface area contributed by atoms with Crippen LogP contribution in [0.4, 0.5) is 0 Å². The van der Waals surface area contributed by atoms with E-state index in [2.05, 4.69) is 0 Å². The Labute approximate surface area is 126 Å². The van der Waals surface area contributed by atoms with Crippen molar-refractivity contribution in [2.45, 2.75) is 48.1 Å². The summed E-state index contributed by atoms with van der Waals surface area (Å²) in [6.45, 7) is 1.18. The van der Waals surface area contributed by atoms with Crippen molar-refractivity contribution in [2.75, 3.05) is 13.2 Å². The van der Waals surface area contributed by atoms with Crippen molar-refractivity contribution in [3.8, 4) is 0 Å². The normalized spacial score (nSPS) is 39.8. The first kappa shape index (κ1) is 13.9. The van der Waals surface area contributed by atoms with E-state index in [0.717, 1.165) is 24.0 Å². The van der Waals surface area contributed by atoms with E-state index in [4.69, 9.17) is 9.47 Å². The molecule has 3 fully saturated rings. The summed E-state index contributed by atoms with van der Waals surface area (Å²) in [4.78, 5) is 0. The third-order valence-electron chi connectivity index (χ3n) is 4.94. The molecule has 2 atom stereocenters. The summed E-state index contributed by atoms with van der Waals surface area (Å²) in [5, 5.41) is 11.5. The average molecular weight is 308 g/mol. The van der Waals surface area contributed by atoms with Gasteiger partial charge >= 0.3 is 0 Å². The van der Waals surface area contributed by atoms with Gasteiger partial charge in [0.25, 0.3) is 0 Å². The molecule has 0 radical (unpaired) electrons. The standard InChI is InChI=1S/C16H20O4S/c17-16(9-11-5-6-12(10-16)21(11)18)14-4-2-1-3-13(14)15-19-7-8-20-15/h1-4,11-12,15,17H,5-10H2. The topological polar surface area (TPSA) is 55.8 Å². The molecule has 2 bridgehead atoms. The summed E-state index contributed by atoms with van der Waals surface area (Å²) < 4.78 is 23.4. The van der Waals surface area contributed by atoms with Crippen LogP contribution in [0.2, 0.25) is 0 Å². The summed E-state index contributed by atoms with van der Waals surface area (Å²) in [6, 6.07) is 7.83. The molecule has 3 aliphatic rings. The SMILES string of the molecule is O=S1C2CCC1CC(O)(c1ccccc1C1OCCO1)C2. The fraction of sp³-hybridized carbons (Fsp3) is 0.625. The quantitative estimate of drug-likeness (QED) is 0.908. The van der Waals surface area contributed by atoms with Crippen LogP contribution < -0.4 is 0 Å². The zero-order valence-electron chi connectivity index (χ0n) is 11.9. The molecule has 1 aromatic rings. The number of rotatable bonds is 2. The molecule has 4 rings (SSSR count). The molecule has 0 aliphatic carbocycles. The maximum atomic E-state index is 12.2. The third-order valence-corrected chi connectivity index (χ3v) is 7.06. The number of aliphatic hydroxyl groups is 1. The summed E-state index contributed by atoms with van der Waals surface area (Å²) in [7, 11) is -0.770. The Hall–Kier alpha value is -0.750. The highest BCUT2D eigenvalue weighted by molar-refractivity contribution is 7.86. The van der Waals surface area contributed by atoms with Gasteiger partial charge in [0.15, 0.2) is 6.29 Å². The van der Waals surface area contributed by atoms with Crippen LogP contribution in [0.25, 0.3) is 0 Å². The Morgan fingerprint density at radius 2 is 1.71 bits per heavy atom. The van der Waals surface area contributed by atoms with Crippen LogP contribution in [0, 0.1) is 0 Å². The largest absolute Gasteiger partial charge is 0.385 e. The monoisotopic (exact) mass is 308 g/mol. The highest BCUT2D eigenvalue weighted by Gasteiger charge is 2.49. The summed E-state index contributed by atoms with van der Waals surface area (Å²) >= 11 is 0. The zero-order valence-corrected chi connectivity index (χ0v) is 12.7. The average Bonchev–Trinajstić information content (AvgIpc) is 3.08. The summed E-state index contributed by atoms with van der Waals surface area (Å²) in [6.07, 6.45) is 2.73. The van der Waals surface area contributed by atoms with E-state index in [-0.39, 0.29) is 16.8 Å². The number of hydrogen-bond donors (Lipinski definition) is 1. The Morgan fingerprint density at radius 3 is 2.38 bits per heavy atom. The first-order valence-electron chi connectivity index (χ1n) is 7.62. The highest BCUT2D eigenvalue weighted by Crippen LogP contribution is 2.47. The van der Waals surface area contributed by atoms with Gasteiger partial charge in [-0.25, -0.2) is 0 Å². The molecule has 5 heteroatoms. The van der Waals surface area contributed by atoms with Gasteiger partial charge in [-0.1, -0.05) is 24.3 Å². The van der Waals surface area contributed by atoms with E-state index in [0.29, 0.717) is 26.1 Å².